The van der Waals surface area contributed by atoms with Crippen LogP contribution in [0.4, 0.5) is 5.69 Å². The Bertz CT molecular complexity index is 1070. The van der Waals surface area contributed by atoms with E-state index in [9.17, 15) is 4.79 Å². The van der Waals surface area contributed by atoms with Gasteiger partial charge in [-0.15, -0.1) is 0 Å². The average molecular weight is 435 g/mol. The summed E-state index contributed by atoms with van der Waals surface area (Å²) in [5.41, 5.74) is 1.97. The first-order valence-corrected chi connectivity index (χ1v) is 11.0. The summed E-state index contributed by atoms with van der Waals surface area (Å²) < 4.78 is 16.1. The number of benzene rings is 3. The van der Waals surface area contributed by atoms with E-state index < -0.39 is 0 Å². The van der Waals surface area contributed by atoms with Crippen LogP contribution >= 0.6 is 0 Å². The second-order valence-corrected chi connectivity index (χ2v) is 7.97. The van der Waals surface area contributed by atoms with Crippen LogP contribution in [0.15, 0.2) is 54.6 Å². The first-order valence-electron chi connectivity index (χ1n) is 11.0. The zero-order valence-electron chi connectivity index (χ0n) is 18.9. The van der Waals surface area contributed by atoms with Gasteiger partial charge in [0.15, 0.2) is 11.5 Å². The maximum absolute atomic E-state index is 12.7. The minimum Gasteiger partial charge on any atom is -0.493 e. The number of carbonyl (C=O) groups is 1. The molecule has 0 aromatic heterocycles. The number of hydrogen-bond acceptors (Lipinski definition) is 5. The summed E-state index contributed by atoms with van der Waals surface area (Å²) >= 11 is 0. The Morgan fingerprint density at radius 2 is 1.72 bits per heavy atom. The molecular formula is C26H30N2O4. The SMILES string of the molecule is COc1cc(NC(=O)CCN2CCCC2c2cccc3ccccc23)cc(OC)c1OC. The predicted octanol–water partition coefficient (Wildman–Crippen LogP) is 5.03. The molecule has 1 aliphatic rings. The lowest BCUT2D eigenvalue weighted by Crippen LogP contribution is -2.27. The largest absolute Gasteiger partial charge is 0.493 e. The summed E-state index contributed by atoms with van der Waals surface area (Å²) in [6.07, 6.45) is 2.67. The van der Waals surface area contributed by atoms with Gasteiger partial charge in [-0.05, 0) is 35.7 Å². The van der Waals surface area contributed by atoms with Crippen LogP contribution in [-0.4, -0.2) is 45.2 Å². The smallest absolute Gasteiger partial charge is 0.225 e. The second kappa shape index (κ2) is 9.92. The molecular weight excluding hydrogens is 404 g/mol. The van der Waals surface area contributed by atoms with Crippen LogP contribution in [-0.2, 0) is 4.79 Å². The molecule has 0 spiro atoms. The number of methoxy groups -OCH3 is 3. The Kier molecular flexibility index (Phi) is 6.81. The van der Waals surface area contributed by atoms with E-state index in [0.717, 1.165) is 19.4 Å². The van der Waals surface area contributed by atoms with E-state index in [1.165, 1.54) is 16.3 Å². The van der Waals surface area contributed by atoms with Gasteiger partial charge in [0.1, 0.15) is 0 Å². The molecule has 1 fully saturated rings. The number of nitrogens with zero attached hydrogens (tertiary/aromatic N) is 1. The van der Waals surface area contributed by atoms with Crippen LogP contribution in [0.5, 0.6) is 17.2 Å². The van der Waals surface area contributed by atoms with E-state index in [1.807, 2.05) is 0 Å². The number of hydrogen-bond donors (Lipinski definition) is 1. The normalized spacial score (nSPS) is 16.2. The van der Waals surface area contributed by atoms with Crippen LogP contribution in [0.3, 0.4) is 0 Å². The van der Waals surface area contributed by atoms with Gasteiger partial charge in [0, 0.05) is 36.8 Å². The first-order chi connectivity index (χ1) is 15.6. The van der Waals surface area contributed by atoms with E-state index in [1.54, 1.807) is 33.5 Å². The zero-order valence-corrected chi connectivity index (χ0v) is 18.9. The lowest BCUT2D eigenvalue weighted by atomic mass is 9.97. The van der Waals surface area contributed by atoms with Crippen LogP contribution in [0, 0.1) is 0 Å². The van der Waals surface area contributed by atoms with E-state index in [0.29, 0.717) is 41.9 Å². The zero-order chi connectivity index (χ0) is 22.5. The minimum atomic E-state index is -0.0390. The third kappa shape index (κ3) is 4.50. The van der Waals surface area contributed by atoms with Gasteiger partial charge in [0.05, 0.1) is 21.3 Å². The molecule has 0 saturated carbocycles. The van der Waals surface area contributed by atoms with Gasteiger partial charge < -0.3 is 19.5 Å². The van der Waals surface area contributed by atoms with Crippen molar-refractivity contribution in [1.82, 2.24) is 4.90 Å². The van der Waals surface area contributed by atoms with Crippen molar-refractivity contribution in [2.45, 2.75) is 25.3 Å². The maximum Gasteiger partial charge on any atom is 0.225 e. The molecule has 1 amide bonds. The highest BCUT2D eigenvalue weighted by molar-refractivity contribution is 5.91. The Labute approximate surface area is 189 Å². The van der Waals surface area contributed by atoms with Crippen LogP contribution < -0.4 is 19.5 Å². The third-order valence-corrected chi connectivity index (χ3v) is 6.12. The van der Waals surface area contributed by atoms with Gasteiger partial charge in [-0.1, -0.05) is 42.5 Å². The summed E-state index contributed by atoms with van der Waals surface area (Å²) in [4.78, 5) is 15.2. The summed E-state index contributed by atoms with van der Waals surface area (Å²) in [7, 11) is 4.68. The summed E-state index contributed by atoms with van der Waals surface area (Å²) in [5.74, 6) is 1.49. The van der Waals surface area contributed by atoms with Gasteiger partial charge >= 0.3 is 0 Å². The number of fused-ring (bicyclic) bond motifs is 1. The highest BCUT2D eigenvalue weighted by Gasteiger charge is 2.27. The fraction of sp³-hybridized carbons (Fsp3) is 0.346. The predicted molar refractivity (Wildman–Crippen MR) is 127 cm³/mol. The summed E-state index contributed by atoms with van der Waals surface area (Å²) in [5, 5.41) is 5.53. The molecule has 3 aromatic rings. The van der Waals surface area contributed by atoms with Crippen molar-refractivity contribution < 1.29 is 19.0 Å². The summed E-state index contributed by atoms with van der Waals surface area (Å²) in [6.45, 7) is 1.72. The number of anilines is 1. The van der Waals surface area contributed by atoms with Crippen molar-refractivity contribution in [3.63, 3.8) is 0 Å². The summed E-state index contributed by atoms with van der Waals surface area (Å²) in [6, 6.07) is 18.9. The number of ether oxygens (including phenoxy) is 3. The average Bonchev–Trinajstić information content (AvgIpc) is 3.30. The van der Waals surface area contributed by atoms with E-state index in [2.05, 4.69) is 52.7 Å². The minimum absolute atomic E-state index is 0.0390. The molecule has 1 heterocycles. The number of rotatable bonds is 8. The van der Waals surface area contributed by atoms with Crippen molar-refractivity contribution >= 4 is 22.4 Å². The molecule has 32 heavy (non-hydrogen) atoms. The molecule has 1 N–H and O–H groups in total. The molecule has 0 bridgehead atoms. The van der Waals surface area contributed by atoms with Gasteiger partial charge in [-0.3, -0.25) is 9.69 Å². The lowest BCUT2D eigenvalue weighted by molar-refractivity contribution is -0.116. The Hall–Kier alpha value is -3.25. The van der Waals surface area contributed by atoms with Gasteiger partial charge in [-0.2, -0.15) is 0 Å². The van der Waals surface area contributed by atoms with Crippen LogP contribution in [0.2, 0.25) is 0 Å². The van der Waals surface area contributed by atoms with Gasteiger partial charge in [0.25, 0.3) is 0 Å². The molecule has 0 aliphatic carbocycles. The van der Waals surface area contributed by atoms with Crippen molar-refractivity contribution in [2.75, 3.05) is 39.7 Å². The number of likely N-dealkylation sites (tertiary alicyclic amines) is 1. The highest BCUT2D eigenvalue weighted by atomic mass is 16.5. The number of nitrogens with one attached hydrogen (secondary N) is 1. The van der Waals surface area contributed by atoms with Crippen LogP contribution in [0.1, 0.15) is 30.9 Å². The molecule has 1 atom stereocenters. The van der Waals surface area contributed by atoms with E-state index in [-0.39, 0.29) is 5.91 Å². The fourth-order valence-electron chi connectivity index (χ4n) is 4.61. The standard InChI is InChI=1S/C26H30N2O4/c1-30-23-16-19(17-24(31-2)26(23)32-3)27-25(29)13-15-28-14-7-12-22(28)21-11-6-9-18-8-4-5-10-20(18)21/h4-6,8-11,16-17,22H,7,12-15H2,1-3H3,(H,27,29). The molecule has 1 saturated heterocycles. The molecule has 6 heteroatoms. The molecule has 168 valence electrons. The number of carbonyl (C=O) groups excluding carboxylic acids is 1. The Morgan fingerprint density at radius 3 is 2.44 bits per heavy atom. The van der Waals surface area contributed by atoms with Gasteiger partial charge in [0.2, 0.25) is 11.7 Å². The first kappa shape index (κ1) is 22.0. The van der Waals surface area contributed by atoms with Gasteiger partial charge in [-0.25, -0.2) is 0 Å². The molecule has 6 nitrogen and oxygen atoms in total. The van der Waals surface area contributed by atoms with Crippen molar-refractivity contribution in [2.24, 2.45) is 0 Å². The second-order valence-electron chi connectivity index (χ2n) is 7.97. The molecule has 1 aliphatic heterocycles. The Morgan fingerprint density at radius 1 is 1.00 bits per heavy atom. The van der Waals surface area contributed by atoms with Crippen molar-refractivity contribution in [3.05, 3.63) is 60.2 Å². The third-order valence-electron chi connectivity index (χ3n) is 6.12. The highest BCUT2D eigenvalue weighted by Crippen LogP contribution is 2.40. The molecule has 4 rings (SSSR count). The molecule has 1 unspecified atom stereocenters. The van der Waals surface area contributed by atoms with Crippen molar-refractivity contribution in [3.8, 4) is 17.2 Å². The quantitative estimate of drug-likeness (QED) is 0.539. The van der Waals surface area contributed by atoms with Crippen molar-refractivity contribution in [1.29, 1.82) is 0 Å². The monoisotopic (exact) mass is 434 g/mol. The fourth-order valence-corrected chi connectivity index (χ4v) is 4.61. The Balaban J connectivity index is 1.44. The van der Waals surface area contributed by atoms with E-state index in [4.69, 9.17) is 14.2 Å². The molecule has 3 aromatic carbocycles. The topological polar surface area (TPSA) is 60.0 Å². The lowest BCUT2D eigenvalue weighted by Gasteiger charge is -2.25. The number of amides is 1. The van der Waals surface area contributed by atoms with E-state index >= 15 is 0 Å². The maximum atomic E-state index is 12.7. The van der Waals surface area contributed by atoms with Crippen LogP contribution in [0.25, 0.3) is 10.8 Å². The molecule has 0 radical (unpaired) electrons.